The summed E-state index contributed by atoms with van der Waals surface area (Å²) in [4.78, 5) is 26.8. The summed E-state index contributed by atoms with van der Waals surface area (Å²) < 4.78 is 15.1. The van der Waals surface area contributed by atoms with Crippen LogP contribution in [0, 0.1) is 5.82 Å². The average Bonchev–Trinajstić information content (AvgIpc) is 3.25. The van der Waals surface area contributed by atoms with Crippen LogP contribution >= 0.6 is 0 Å². The van der Waals surface area contributed by atoms with Gasteiger partial charge in [-0.2, -0.15) is 5.10 Å². The number of halogens is 1. The molecule has 8 heteroatoms. The molecular weight excluding hydrogens is 401 g/mol. The molecule has 0 bridgehead atoms. The summed E-state index contributed by atoms with van der Waals surface area (Å²) in [5.41, 5.74) is 0.797. The molecule has 1 amide bonds. The quantitative estimate of drug-likeness (QED) is 0.678. The average molecular weight is 421 g/mol. The molecule has 7 nitrogen and oxygen atoms in total. The van der Waals surface area contributed by atoms with Crippen LogP contribution in [0.15, 0.2) is 59.5 Å². The van der Waals surface area contributed by atoms with Crippen LogP contribution in [0.1, 0.15) is 46.4 Å². The number of rotatable bonds is 3. The van der Waals surface area contributed by atoms with Crippen LogP contribution in [-0.4, -0.2) is 43.4 Å². The van der Waals surface area contributed by atoms with Gasteiger partial charge in [-0.25, -0.2) is 4.39 Å². The van der Waals surface area contributed by atoms with Gasteiger partial charge in [-0.05, 0) is 48.2 Å². The van der Waals surface area contributed by atoms with Crippen LogP contribution in [-0.2, 0) is 0 Å². The molecule has 3 heterocycles. The van der Waals surface area contributed by atoms with E-state index < -0.39 is 23.1 Å². The lowest BCUT2D eigenvalue weighted by Gasteiger charge is -2.42. The van der Waals surface area contributed by atoms with Gasteiger partial charge in [-0.15, -0.1) is 0 Å². The number of hydrogen-bond acceptors (Lipinski definition) is 5. The Labute approximate surface area is 177 Å². The summed E-state index contributed by atoms with van der Waals surface area (Å²) in [6, 6.07) is 12.2. The highest BCUT2D eigenvalue weighted by Gasteiger charge is 2.48. The molecule has 1 aromatic heterocycles. The van der Waals surface area contributed by atoms with E-state index in [0.29, 0.717) is 6.54 Å². The van der Waals surface area contributed by atoms with Gasteiger partial charge in [-0.1, -0.05) is 24.3 Å². The van der Waals surface area contributed by atoms with Crippen LogP contribution in [0.5, 0.6) is 11.5 Å². The van der Waals surface area contributed by atoms with E-state index >= 15 is 0 Å². The maximum Gasteiger partial charge on any atom is 0.276 e. The number of aromatic hydroxyl groups is 2. The van der Waals surface area contributed by atoms with Gasteiger partial charge in [0.15, 0.2) is 11.4 Å². The number of nitrogens with zero attached hydrogens (tertiary/aromatic N) is 3. The van der Waals surface area contributed by atoms with Gasteiger partial charge in [0.1, 0.15) is 11.6 Å². The van der Waals surface area contributed by atoms with Crippen LogP contribution < -0.4 is 5.43 Å². The van der Waals surface area contributed by atoms with Gasteiger partial charge in [0.05, 0.1) is 18.3 Å². The first kappa shape index (κ1) is 19.3. The minimum atomic E-state index is -0.709. The van der Waals surface area contributed by atoms with Gasteiger partial charge in [0, 0.05) is 12.5 Å². The SMILES string of the molecule is O=C1c2c(O)c(=O)cnn2[C@@H]([C@H](c2ccc(O)cc2)c2ccc(F)cc2)[C@H]2CCCN12. The number of hydrogen-bond donors (Lipinski definition) is 2. The monoisotopic (exact) mass is 421 g/mol. The van der Waals surface area contributed by atoms with E-state index in [2.05, 4.69) is 5.10 Å². The van der Waals surface area contributed by atoms with Crippen molar-refractivity contribution >= 4 is 5.91 Å². The number of carbonyl (C=O) groups is 1. The number of phenolic OH excluding ortho intramolecular Hbond substituents is 1. The lowest BCUT2D eigenvalue weighted by molar-refractivity contribution is 0.0565. The molecule has 0 saturated carbocycles. The molecule has 3 atom stereocenters. The van der Waals surface area contributed by atoms with Crippen molar-refractivity contribution < 1.29 is 19.4 Å². The highest BCUT2D eigenvalue weighted by atomic mass is 19.1. The van der Waals surface area contributed by atoms with E-state index in [0.717, 1.165) is 30.2 Å². The Hall–Kier alpha value is -3.68. The zero-order valence-electron chi connectivity index (χ0n) is 16.5. The summed E-state index contributed by atoms with van der Waals surface area (Å²) in [5.74, 6) is -1.64. The van der Waals surface area contributed by atoms with Crippen molar-refractivity contribution in [1.29, 1.82) is 0 Å². The van der Waals surface area contributed by atoms with Crippen molar-refractivity contribution in [2.24, 2.45) is 0 Å². The van der Waals surface area contributed by atoms with Crippen molar-refractivity contribution in [1.82, 2.24) is 14.7 Å². The Bertz CT molecular complexity index is 1160. The molecule has 3 aromatic rings. The van der Waals surface area contributed by atoms with E-state index in [9.17, 15) is 24.2 Å². The third-order valence-corrected chi connectivity index (χ3v) is 6.25. The molecule has 0 aliphatic carbocycles. The molecule has 0 unspecified atom stereocenters. The lowest BCUT2D eigenvalue weighted by Crippen LogP contribution is -2.50. The first-order valence-corrected chi connectivity index (χ1v) is 10.1. The molecule has 2 aromatic carbocycles. The van der Waals surface area contributed by atoms with Crippen molar-refractivity contribution in [2.75, 3.05) is 6.54 Å². The molecule has 1 saturated heterocycles. The van der Waals surface area contributed by atoms with E-state index in [1.807, 2.05) is 0 Å². The highest BCUT2D eigenvalue weighted by Crippen LogP contribution is 2.45. The third kappa shape index (κ3) is 3.06. The summed E-state index contributed by atoms with van der Waals surface area (Å²) in [6.07, 6.45) is 2.54. The molecule has 5 rings (SSSR count). The van der Waals surface area contributed by atoms with Gasteiger partial charge in [-0.3, -0.25) is 14.3 Å². The molecule has 0 spiro atoms. The van der Waals surface area contributed by atoms with Gasteiger partial charge < -0.3 is 15.1 Å². The fourth-order valence-electron chi connectivity index (χ4n) is 4.88. The van der Waals surface area contributed by atoms with Crippen LogP contribution in [0.4, 0.5) is 4.39 Å². The molecular formula is C23H20FN3O4. The number of aromatic nitrogens is 2. The van der Waals surface area contributed by atoms with Gasteiger partial charge >= 0.3 is 0 Å². The number of amides is 1. The Kier molecular flexibility index (Phi) is 4.50. The molecule has 31 heavy (non-hydrogen) atoms. The van der Waals surface area contributed by atoms with Crippen molar-refractivity contribution in [3.8, 4) is 11.5 Å². The smallest absolute Gasteiger partial charge is 0.276 e. The second-order valence-electron chi connectivity index (χ2n) is 7.97. The van der Waals surface area contributed by atoms with Gasteiger partial charge in [0.25, 0.3) is 5.91 Å². The van der Waals surface area contributed by atoms with Crippen LogP contribution in [0.3, 0.4) is 0 Å². The molecule has 1 fully saturated rings. The molecule has 0 radical (unpaired) electrons. The zero-order chi connectivity index (χ0) is 21.7. The first-order valence-electron chi connectivity index (χ1n) is 10.1. The summed E-state index contributed by atoms with van der Waals surface area (Å²) in [7, 11) is 0. The normalized spacial score (nSPS) is 20.9. The number of phenols is 1. The Balaban J connectivity index is 1.77. The predicted octanol–water partition coefficient (Wildman–Crippen LogP) is 2.79. The van der Waals surface area contributed by atoms with Crippen molar-refractivity contribution in [3.63, 3.8) is 0 Å². The van der Waals surface area contributed by atoms with Crippen LogP contribution in [0.25, 0.3) is 0 Å². The fraction of sp³-hybridized carbons (Fsp3) is 0.261. The zero-order valence-corrected chi connectivity index (χ0v) is 16.5. The molecule has 2 N–H and O–H groups in total. The molecule has 158 valence electrons. The maximum atomic E-state index is 13.7. The second kappa shape index (κ2) is 7.23. The fourth-order valence-corrected chi connectivity index (χ4v) is 4.88. The number of benzene rings is 2. The van der Waals surface area contributed by atoms with Crippen molar-refractivity contribution in [2.45, 2.75) is 30.8 Å². The summed E-state index contributed by atoms with van der Waals surface area (Å²) >= 11 is 0. The Morgan fingerprint density at radius 3 is 2.32 bits per heavy atom. The first-order chi connectivity index (χ1) is 15.0. The van der Waals surface area contributed by atoms with E-state index in [-0.39, 0.29) is 29.2 Å². The van der Waals surface area contributed by atoms with Gasteiger partial charge in [0.2, 0.25) is 5.43 Å². The summed E-state index contributed by atoms with van der Waals surface area (Å²) in [6.45, 7) is 0.522. The number of carbonyl (C=O) groups excluding carboxylic acids is 1. The standard InChI is InChI=1S/C23H20FN3O4/c24-15-7-3-13(4-8-15)19(14-5-9-16(28)10-6-14)20-17-2-1-11-26(17)23(31)21-22(30)18(29)12-25-27(20)21/h3-10,12,17,19-20,28,30H,1-2,11H2/t17-,19+,20-/m1/s1. The highest BCUT2D eigenvalue weighted by molar-refractivity contribution is 5.96. The molecule has 2 aliphatic heterocycles. The minimum Gasteiger partial charge on any atom is -0.508 e. The summed E-state index contributed by atoms with van der Waals surface area (Å²) in [5, 5.41) is 24.5. The third-order valence-electron chi connectivity index (χ3n) is 6.25. The van der Waals surface area contributed by atoms with Crippen molar-refractivity contribution in [3.05, 3.63) is 87.6 Å². The molecule has 2 aliphatic rings. The Morgan fingerprint density at radius 2 is 1.65 bits per heavy atom. The van der Waals surface area contributed by atoms with E-state index in [1.54, 1.807) is 41.3 Å². The topological polar surface area (TPSA) is 95.7 Å². The Morgan fingerprint density at radius 1 is 1.00 bits per heavy atom. The predicted molar refractivity (Wildman–Crippen MR) is 110 cm³/mol. The maximum absolute atomic E-state index is 13.7. The van der Waals surface area contributed by atoms with Crippen LogP contribution in [0.2, 0.25) is 0 Å². The minimum absolute atomic E-state index is 0.114. The lowest BCUT2D eigenvalue weighted by atomic mass is 9.80. The van der Waals surface area contributed by atoms with E-state index in [4.69, 9.17) is 0 Å². The number of fused-ring (bicyclic) bond motifs is 2. The van der Waals surface area contributed by atoms with E-state index in [1.165, 1.54) is 16.8 Å². The largest absolute Gasteiger partial charge is 0.508 e. The second-order valence-corrected chi connectivity index (χ2v) is 7.97.